The van der Waals surface area contributed by atoms with Crippen molar-refractivity contribution < 1.29 is 52.1 Å². The molecule has 0 bridgehead atoms. The number of carbonyl (C=O) groups excluding carboxylic acids is 2. The topological polar surface area (TPSA) is 58.2 Å². The molecule has 2 amide bonds. The summed E-state index contributed by atoms with van der Waals surface area (Å²) < 4.78 is 84.2. The third-order valence-electron chi connectivity index (χ3n) is 11.3. The average Bonchev–Trinajstić information content (AvgIpc) is 3.76. The van der Waals surface area contributed by atoms with Gasteiger partial charge in [0.25, 0.3) is 0 Å². The number of halogens is 8. The van der Waals surface area contributed by atoms with Crippen LogP contribution in [0.2, 0.25) is 0 Å². The molecule has 305 valence electrons. The number of amides is 2. The predicted molar refractivity (Wildman–Crippen MR) is 219 cm³/mol. The first-order valence-electron chi connectivity index (χ1n) is 19.6. The molecule has 2 atom stereocenters. The van der Waals surface area contributed by atoms with E-state index in [0.29, 0.717) is 59.1 Å². The zero-order valence-corrected chi connectivity index (χ0v) is 36.5. The average molecular weight is 920 g/mol. The number of rotatable bonds is 13. The summed E-state index contributed by atoms with van der Waals surface area (Å²) >= 11 is -6.48. The van der Waals surface area contributed by atoms with Crippen molar-refractivity contribution in [3.05, 3.63) is 129 Å². The molecule has 0 fully saturated rings. The molecule has 2 aliphatic carbocycles. The molecular weight excluding hydrogens is 875 g/mol. The summed E-state index contributed by atoms with van der Waals surface area (Å²) in [5, 5.41) is 6.02. The van der Waals surface area contributed by atoms with Crippen LogP contribution in [0.3, 0.4) is 0 Å². The van der Waals surface area contributed by atoms with E-state index in [1.807, 2.05) is 26.0 Å². The van der Waals surface area contributed by atoms with Gasteiger partial charge in [-0.25, -0.2) is 0 Å². The summed E-state index contributed by atoms with van der Waals surface area (Å²) in [6.45, 7) is 7.21. The standard InChI is InChI=1S/2C19H16F3.C6H11BN2O2.2ClH.Zr/c2*1-2-6-13-11-14-7-5-9-15(17(14)12-13)16-8-3-4-10-18(16)19(20,21)22;1-3-5(10)8-7-9-6(11)4-2;;;/h2*3-5,7-12H,2,6H2,1H3;3-4H2,1-2H3,(H-,8,9,10,11);2*1H;/q;;;;;+1/p-1. The number of hydrogen-bond donors (Lipinski definition) is 2. The number of fused-ring (bicyclic) bond motifs is 2. The van der Waals surface area contributed by atoms with Crippen LogP contribution >= 0.6 is 17.0 Å². The Morgan fingerprint density at radius 3 is 1.29 bits per heavy atom. The molecule has 4 nitrogen and oxygen atoms in total. The molecular formula is C44H44BCl2F6N2O2Zr. The Balaban J connectivity index is 1.72. The fourth-order valence-electron chi connectivity index (χ4n) is 8.98. The minimum atomic E-state index is -6.48. The van der Waals surface area contributed by atoms with Crippen LogP contribution in [0.25, 0.3) is 34.4 Å². The van der Waals surface area contributed by atoms with Crippen LogP contribution in [0.15, 0.2) is 96.1 Å². The second-order valence-corrected chi connectivity index (χ2v) is 36.4. The predicted octanol–water partition coefficient (Wildman–Crippen LogP) is 13.3. The Morgan fingerprint density at radius 2 is 0.948 bits per heavy atom. The molecule has 0 heterocycles. The summed E-state index contributed by atoms with van der Waals surface area (Å²) in [6, 6.07) is 20.9. The van der Waals surface area contributed by atoms with Crippen molar-refractivity contribution in [3.63, 3.8) is 0 Å². The van der Waals surface area contributed by atoms with Gasteiger partial charge >= 0.3 is 346 Å². The number of carbonyl (C=O) groups is 2. The molecule has 58 heavy (non-hydrogen) atoms. The van der Waals surface area contributed by atoms with Gasteiger partial charge in [-0.3, -0.25) is 0 Å². The molecule has 4 aromatic rings. The third-order valence-corrected chi connectivity index (χ3v) is 31.3. The SMILES string of the molecule is CCCC1=Cc2c(-c3ccccc3C(F)(F)F)cccc2[CH]1[Zr]([Cl])([Cl])([B](NC(=O)CC)NC(=O)CC)[CH]1C(CCC)=Cc2c(-c3ccccc3C(F)(F)F)cccc21. The van der Waals surface area contributed by atoms with E-state index >= 15 is 0 Å². The summed E-state index contributed by atoms with van der Waals surface area (Å²) in [5.74, 6) is -0.885. The monoisotopic (exact) mass is 917 g/mol. The van der Waals surface area contributed by atoms with Gasteiger partial charge in [0, 0.05) is 0 Å². The Morgan fingerprint density at radius 1 is 0.586 bits per heavy atom. The van der Waals surface area contributed by atoms with Gasteiger partial charge < -0.3 is 0 Å². The second-order valence-electron chi connectivity index (χ2n) is 15.0. The molecule has 0 aromatic heterocycles. The Kier molecular flexibility index (Phi) is 12.7. The van der Waals surface area contributed by atoms with E-state index < -0.39 is 63.2 Å². The van der Waals surface area contributed by atoms with Crippen LogP contribution in [0.4, 0.5) is 26.3 Å². The van der Waals surface area contributed by atoms with Crippen LogP contribution in [0.5, 0.6) is 0 Å². The van der Waals surface area contributed by atoms with Gasteiger partial charge in [-0.05, 0) is 0 Å². The molecule has 2 aliphatic rings. The van der Waals surface area contributed by atoms with Crippen molar-refractivity contribution in [1.29, 1.82) is 0 Å². The molecule has 0 spiro atoms. The summed E-state index contributed by atoms with van der Waals surface area (Å²) in [5.41, 5.74) is 2.59. The summed E-state index contributed by atoms with van der Waals surface area (Å²) in [6.07, 6.45) is -3.48. The van der Waals surface area contributed by atoms with Crippen molar-refractivity contribution in [1.82, 2.24) is 10.5 Å². The van der Waals surface area contributed by atoms with Crippen LogP contribution < -0.4 is 10.5 Å². The van der Waals surface area contributed by atoms with E-state index in [1.54, 1.807) is 62.4 Å². The van der Waals surface area contributed by atoms with Gasteiger partial charge in [0.15, 0.2) is 0 Å². The fraction of sp³-hybridized carbons (Fsp3) is 0.318. The maximum absolute atomic E-state index is 14.5. The van der Waals surface area contributed by atoms with Gasteiger partial charge in [0.2, 0.25) is 0 Å². The van der Waals surface area contributed by atoms with E-state index in [-0.39, 0.29) is 24.0 Å². The van der Waals surface area contributed by atoms with Crippen molar-refractivity contribution in [2.45, 2.75) is 85.8 Å². The zero-order chi connectivity index (χ0) is 42.2. The number of nitrogens with one attached hydrogen (secondary N) is 2. The Hall–Kier alpha value is -3.59. The minimum absolute atomic E-state index is 0.0199. The molecule has 2 unspecified atom stereocenters. The van der Waals surface area contributed by atoms with E-state index in [1.165, 1.54) is 24.3 Å². The normalized spacial score (nSPS) is 17.1. The number of allylic oxidation sites excluding steroid dienone is 2. The number of alkyl halides is 6. The zero-order valence-electron chi connectivity index (χ0n) is 32.6. The number of benzene rings is 4. The van der Waals surface area contributed by atoms with Gasteiger partial charge in [-0.15, -0.1) is 0 Å². The van der Waals surface area contributed by atoms with Gasteiger partial charge in [0.1, 0.15) is 0 Å². The van der Waals surface area contributed by atoms with Crippen molar-refractivity contribution in [3.8, 4) is 22.3 Å². The van der Waals surface area contributed by atoms with Gasteiger partial charge in [0.05, 0.1) is 0 Å². The molecule has 0 aliphatic heterocycles. The van der Waals surface area contributed by atoms with Crippen LogP contribution in [0, 0.1) is 0 Å². The molecule has 2 N–H and O–H groups in total. The first-order chi connectivity index (χ1) is 27.4. The maximum atomic E-state index is 14.5. The van der Waals surface area contributed by atoms with E-state index in [0.717, 1.165) is 23.3 Å². The second kappa shape index (κ2) is 16.8. The third kappa shape index (κ3) is 7.90. The molecule has 0 saturated carbocycles. The first-order valence-corrected chi connectivity index (χ1v) is 30.1. The fourth-order valence-corrected chi connectivity index (χ4v) is 29.7. The molecule has 0 saturated heterocycles. The van der Waals surface area contributed by atoms with Crippen LogP contribution in [0.1, 0.15) is 107 Å². The van der Waals surface area contributed by atoms with E-state index in [9.17, 15) is 35.9 Å². The molecule has 14 heteroatoms. The summed E-state index contributed by atoms with van der Waals surface area (Å²) in [7, 11) is 17.2. The Labute approximate surface area is 343 Å². The van der Waals surface area contributed by atoms with Crippen molar-refractivity contribution >= 4 is 45.5 Å². The van der Waals surface area contributed by atoms with Crippen molar-refractivity contribution in [2.24, 2.45) is 0 Å². The Bertz CT molecular complexity index is 2150. The van der Waals surface area contributed by atoms with E-state index in [4.69, 9.17) is 17.0 Å². The van der Waals surface area contributed by atoms with Gasteiger partial charge in [-0.1, -0.05) is 0 Å². The summed E-state index contributed by atoms with van der Waals surface area (Å²) in [4.78, 5) is 27.1. The quantitative estimate of drug-likeness (QED) is 0.104. The molecule has 6 rings (SSSR count). The molecule has 4 aromatic carbocycles. The van der Waals surface area contributed by atoms with Crippen molar-refractivity contribution in [2.75, 3.05) is 0 Å². The van der Waals surface area contributed by atoms with Crippen LogP contribution in [-0.4, -0.2) is 16.3 Å². The van der Waals surface area contributed by atoms with E-state index in [2.05, 4.69) is 10.5 Å². The van der Waals surface area contributed by atoms with Gasteiger partial charge in [-0.2, -0.15) is 0 Å². The first kappa shape index (κ1) is 44.0. The van der Waals surface area contributed by atoms with Crippen LogP contribution in [-0.2, 0) is 38.1 Å². The number of hydrogen-bond acceptors (Lipinski definition) is 2. The molecule has 0 radical (unpaired) electrons.